The van der Waals surface area contributed by atoms with Crippen LogP contribution in [0.25, 0.3) is 11.3 Å². The van der Waals surface area contributed by atoms with Crippen LogP contribution in [0.15, 0.2) is 83.8 Å². The first-order chi connectivity index (χ1) is 18.9. The first kappa shape index (κ1) is 27.0. The molecule has 1 amide bonds. The zero-order chi connectivity index (χ0) is 27.4. The van der Waals surface area contributed by atoms with E-state index in [9.17, 15) is 18.0 Å². The van der Waals surface area contributed by atoms with Gasteiger partial charge in [-0.25, -0.2) is 13.4 Å². The van der Waals surface area contributed by atoms with Crippen molar-refractivity contribution in [3.8, 4) is 11.3 Å². The molecule has 0 spiro atoms. The van der Waals surface area contributed by atoms with E-state index in [0.717, 1.165) is 24.0 Å². The van der Waals surface area contributed by atoms with Crippen molar-refractivity contribution in [3.05, 3.63) is 100 Å². The first-order valence-electron chi connectivity index (χ1n) is 13.2. The lowest BCUT2D eigenvalue weighted by atomic mass is 9.90. The van der Waals surface area contributed by atoms with Crippen LogP contribution in [0.5, 0.6) is 0 Å². The summed E-state index contributed by atoms with van der Waals surface area (Å²) < 4.78 is 24.1. The SMILES string of the molecule is CCS(=O)(=O)c1ccc(CC(=O)Nc2nc(-c3ccccc3)c(C(=O)c3ccccc3C3CCCC3)s2)cc1. The van der Waals surface area contributed by atoms with Crippen molar-refractivity contribution in [1.29, 1.82) is 0 Å². The number of hydrogen-bond donors (Lipinski definition) is 1. The van der Waals surface area contributed by atoms with E-state index >= 15 is 0 Å². The van der Waals surface area contributed by atoms with Gasteiger partial charge in [-0.3, -0.25) is 9.59 Å². The molecule has 3 aromatic carbocycles. The average molecular weight is 559 g/mol. The summed E-state index contributed by atoms with van der Waals surface area (Å²) in [5, 5.41) is 3.20. The van der Waals surface area contributed by atoms with Crippen LogP contribution in [0.3, 0.4) is 0 Å². The summed E-state index contributed by atoms with van der Waals surface area (Å²) in [6, 6.07) is 23.7. The third-order valence-electron chi connectivity index (χ3n) is 7.15. The van der Waals surface area contributed by atoms with Crippen molar-refractivity contribution in [2.75, 3.05) is 11.1 Å². The van der Waals surface area contributed by atoms with Crippen molar-refractivity contribution in [3.63, 3.8) is 0 Å². The van der Waals surface area contributed by atoms with Gasteiger partial charge in [-0.15, -0.1) is 0 Å². The highest BCUT2D eigenvalue weighted by atomic mass is 32.2. The van der Waals surface area contributed by atoms with E-state index in [4.69, 9.17) is 0 Å². The molecular formula is C31H30N2O4S2. The Hall–Kier alpha value is -3.62. The van der Waals surface area contributed by atoms with Gasteiger partial charge >= 0.3 is 0 Å². The Kier molecular flexibility index (Phi) is 8.04. The number of aromatic nitrogens is 1. The summed E-state index contributed by atoms with van der Waals surface area (Å²) in [7, 11) is -3.30. The normalized spacial score (nSPS) is 13.9. The fourth-order valence-electron chi connectivity index (χ4n) is 5.07. The van der Waals surface area contributed by atoms with Crippen LogP contribution in [0.1, 0.15) is 64.9 Å². The third kappa shape index (κ3) is 6.02. The monoisotopic (exact) mass is 558 g/mol. The van der Waals surface area contributed by atoms with Gasteiger partial charge in [0.05, 0.1) is 22.8 Å². The van der Waals surface area contributed by atoms with Gasteiger partial charge in [0.1, 0.15) is 4.88 Å². The van der Waals surface area contributed by atoms with Gasteiger partial charge in [-0.2, -0.15) is 0 Å². The molecule has 200 valence electrons. The maximum atomic E-state index is 14.0. The summed E-state index contributed by atoms with van der Waals surface area (Å²) in [4.78, 5) is 32.3. The molecule has 8 heteroatoms. The van der Waals surface area contributed by atoms with Crippen molar-refractivity contribution >= 4 is 38.0 Å². The Bertz CT molecular complexity index is 1590. The van der Waals surface area contributed by atoms with Crippen molar-refractivity contribution < 1.29 is 18.0 Å². The van der Waals surface area contributed by atoms with Crippen LogP contribution in [0.4, 0.5) is 5.13 Å². The molecule has 39 heavy (non-hydrogen) atoms. The van der Waals surface area contributed by atoms with E-state index in [1.165, 1.54) is 36.3 Å². The minimum Gasteiger partial charge on any atom is -0.302 e. The number of thiazole rings is 1. The Morgan fingerprint density at radius 2 is 1.59 bits per heavy atom. The number of benzene rings is 3. The maximum absolute atomic E-state index is 14.0. The average Bonchev–Trinajstić information content (AvgIpc) is 3.64. The van der Waals surface area contributed by atoms with Gasteiger partial charge in [0.15, 0.2) is 15.0 Å². The highest BCUT2D eigenvalue weighted by Gasteiger charge is 2.27. The molecule has 1 aliphatic carbocycles. The molecule has 1 heterocycles. The van der Waals surface area contributed by atoms with E-state index in [1.54, 1.807) is 19.1 Å². The standard InChI is InChI=1S/C31H30N2O4S2/c1-2-39(36,37)24-18-16-21(17-19-24)20-27(34)32-31-33-28(23-12-4-3-5-13-23)30(38-31)29(35)26-15-9-8-14-25(26)22-10-6-7-11-22/h3-5,8-9,12-19,22H,2,6-7,10-11,20H2,1H3,(H,32,33,34). The number of sulfone groups is 1. The van der Waals surface area contributed by atoms with Gasteiger partial charge in [-0.05, 0) is 42.0 Å². The van der Waals surface area contributed by atoms with Crippen LogP contribution in [0, 0.1) is 0 Å². The van der Waals surface area contributed by atoms with Gasteiger partial charge in [0, 0.05) is 11.1 Å². The molecule has 0 aliphatic heterocycles. The maximum Gasteiger partial charge on any atom is 0.230 e. The number of carbonyl (C=O) groups excluding carboxylic acids is 2. The van der Waals surface area contributed by atoms with Crippen LogP contribution in [0.2, 0.25) is 0 Å². The van der Waals surface area contributed by atoms with Crippen molar-refractivity contribution in [1.82, 2.24) is 4.98 Å². The number of nitrogens with one attached hydrogen (secondary N) is 1. The molecule has 5 rings (SSSR count). The number of anilines is 1. The van der Waals surface area contributed by atoms with E-state index in [1.807, 2.05) is 48.5 Å². The molecule has 1 fully saturated rings. The minimum atomic E-state index is -3.30. The zero-order valence-electron chi connectivity index (χ0n) is 21.7. The lowest BCUT2D eigenvalue weighted by molar-refractivity contribution is -0.115. The van der Waals surface area contributed by atoms with Crippen LogP contribution in [-0.2, 0) is 21.1 Å². The highest BCUT2D eigenvalue weighted by Crippen LogP contribution is 2.39. The molecule has 0 radical (unpaired) electrons. The number of ketones is 1. The van der Waals surface area contributed by atoms with Crippen molar-refractivity contribution in [2.24, 2.45) is 0 Å². The number of amides is 1. The van der Waals surface area contributed by atoms with Gasteiger partial charge in [-0.1, -0.05) is 97.8 Å². The molecule has 0 bridgehead atoms. The van der Waals surface area contributed by atoms with Crippen LogP contribution >= 0.6 is 11.3 Å². The third-order valence-corrected chi connectivity index (χ3v) is 9.87. The molecule has 1 N–H and O–H groups in total. The summed E-state index contributed by atoms with van der Waals surface area (Å²) >= 11 is 1.18. The van der Waals surface area contributed by atoms with E-state index < -0.39 is 9.84 Å². The Labute approximate surface area is 233 Å². The second kappa shape index (κ2) is 11.6. The largest absolute Gasteiger partial charge is 0.302 e. The number of rotatable bonds is 9. The number of nitrogens with zero attached hydrogens (tertiary/aromatic N) is 1. The van der Waals surface area contributed by atoms with Crippen LogP contribution < -0.4 is 5.32 Å². The second-order valence-electron chi connectivity index (χ2n) is 9.73. The zero-order valence-corrected chi connectivity index (χ0v) is 23.4. The summed E-state index contributed by atoms with van der Waals surface area (Å²) in [5.74, 6) is 0.0327. The molecule has 1 aliphatic rings. The molecule has 6 nitrogen and oxygen atoms in total. The summed E-state index contributed by atoms with van der Waals surface area (Å²) in [6.07, 6.45) is 4.59. The molecular weight excluding hydrogens is 528 g/mol. The quantitative estimate of drug-likeness (QED) is 0.232. The molecule has 1 saturated carbocycles. The van der Waals surface area contributed by atoms with E-state index in [-0.39, 0.29) is 28.8 Å². The lowest BCUT2D eigenvalue weighted by Crippen LogP contribution is -2.14. The number of carbonyl (C=O) groups is 2. The lowest BCUT2D eigenvalue weighted by Gasteiger charge is -2.14. The molecule has 0 saturated heterocycles. The Morgan fingerprint density at radius 3 is 2.28 bits per heavy atom. The minimum absolute atomic E-state index is 0.0206. The predicted octanol–water partition coefficient (Wildman–Crippen LogP) is 6.67. The molecule has 0 atom stereocenters. The van der Waals surface area contributed by atoms with Gasteiger partial charge < -0.3 is 5.32 Å². The van der Waals surface area contributed by atoms with Gasteiger partial charge in [0.2, 0.25) is 11.7 Å². The first-order valence-corrected chi connectivity index (χ1v) is 15.6. The molecule has 4 aromatic rings. The summed E-state index contributed by atoms with van der Waals surface area (Å²) in [6.45, 7) is 1.60. The van der Waals surface area contributed by atoms with Crippen LogP contribution in [-0.4, -0.2) is 30.8 Å². The fourth-order valence-corrected chi connectivity index (χ4v) is 6.91. The summed E-state index contributed by atoms with van der Waals surface area (Å²) in [5.41, 5.74) is 3.83. The fraction of sp³-hybridized carbons (Fsp3) is 0.258. The smallest absolute Gasteiger partial charge is 0.230 e. The molecule has 1 aromatic heterocycles. The Morgan fingerprint density at radius 1 is 0.923 bits per heavy atom. The Balaban J connectivity index is 1.42. The van der Waals surface area contributed by atoms with E-state index in [2.05, 4.69) is 16.4 Å². The molecule has 0 unspecified atom stereocenters. The van der Waals surface area contributed by atoms with Crippen molar-refractivity contribution in [2.45, 2.75) is 49.8 Å². The second-order valence-corrected chi connectivity index (χ2v) is 13.0. The predicted molar refractivity (Wildman–Crippen MR) is 155 cm³/mol. The highest BCUT2D eigenvalue weighted by molar-refractivity contribution is 7.91. The topological polar surface area (TPSA) is 93.2 Å². The number of hydrogen-bond acceptors (Lipinski definition) is 6. The van der Waals surface area contributed by atoms with E-state index in [0.29, 0.717) is 32.7 Å². The van der Waals surface area contributed by atoms with Gasteiger partial charge in [0.25, 0.3) is 0 Å².